The summed E-state index contributed by atoms with van der Waals surface area (Å²) in [5.74, 6) is -3.45. The van der Waals surface area contributed by atoms with E-state index in [2.05, 4.69) is 0 Å². The van der Waals surface area contributed by atoms with Crippen molar-refractivity contribution in [1.82, 2.24) is 0 Å². The minimum atomic E-state index is -1.31. The van der Waals surface area contributed by atoms with E-state index in [0.29, 0.717) is 11.3 Å². The van der Waals surface area contributed by atoms with Gasteiger partial charge in [0.15, 0.2) is 27.4 Å². The number of fused-ring (bicyclic) bond motifs is 1. The van der Waals surface area contributed by atoms with Gasteiger partial charge in [0.1, 0.15) is 13.2 Å². The summed E-state index contributed by atoms with van der Waals surface area (Å²) in [7, 11) is 0. The maximum absolute atomic E-state index is 11.1. The van der Waals surface area contributed by atoms with Gasteiger partial charge in [0.05, 0.1) is 0 Å². The number of rotatable bonds is 3. The highest BCUT2D eigenvalue weighted by Gasteiger charge is 2.32. The van der Waals surface area contributed by atoms with Crippen molar-refractivity contribution in [1.29, 1.82) is 0 Å². The Morgan fingerprint density at radius 3 is 1.90 bits per heavy atom. The zero-order valence-corrected chi connectivity index (χ0v) is 11.1. The number of aromatic carboxylic acids is 2. The van der Waals surface area contributed by atoms with Gasteiger partial charge in [0.25, 0.3) is 0 Å². The van der Waals surface area contributed by atoms with E-state index in [4.69, 9.17) is 24.4 Å². The molecular formula is C11H10O8S. The molecule has 0 bridgehead atoms. The summed E-state index contributed by atoms with van der Waals surface area (Å²) in [5.41, 5.74) is 0. The fraction of sp³-hybridized carbons (Fsp3) is 0.364. The number of carbonyl (C=O) groups excluding carboxylic acids is 1. The molecule has 0 atom stereocenters. The van der Waals surface area contributed by atoms with E-state index in [1.807, 2.05) is 0 Å². The highest BCUT2D eigenvalue weighted by molar-refractivity contribution is 7.16. The molecule has 0 spiro atoms. The van der Waals surface area contributed by atoms with Crippen molar-refractivity contribution in [2.45, 2.75) is 13.0 Å². The Morgan fingerprint density at radius 1 is 1.10 bits per heavy atom. The van der Waals surface area contributed by atoms with Crippen LogP contribution in [0, 0.1) is 0 Å². The van der Waals surface area contributed by atoms with Crippen LogP contribution in [0.3, 0.4) is 0 Å². The highest BCUT2D eigenvalue weighted by Crippen LogP contribution is 2.43. The van der Waals surface area contributed by atoms with Gasteiger partial charge in [0.2, 0.25) is 0 Å². The normalized spacial score (nSPS) is 14.4. The average Bonchev–Trinajstić information content (AvgIpc) is 2.60. The molecule has 0 unspecified atom stereocenters. The topological polar surface area (TPSA) is 119 Å². The van der Waals surface area contributed by atoms with E-state index in [1.54, 1.807) is 0 Å². The molecule has 0 amide bonds. The lowest BCUT2D eigenvalue weighted by Crippen LogP contribution is -2.28. The van der Waals surface area contributed by atoms with Crippen molar-refractivity contribution >= 4 is 29.2 Å². The minimum absolute atomic E-state index is 0.108. The lowest BCUT2D eigenvalue weighted by molar-refractivity contribution is -0.148. The quantitative estimate of drug-likeness (QED) is 0.788. The van der Waals surface area contributed by atoms with Gasteiger partial charge >= 0.3 is 17.9 Å². The van der Waals surface area contributed by atoms with Gasteiger partial charge in [-0.2, -0.15) is 0 Å². The number of ether oxygens (including phenoxy) is 3. The van der Waals surface area contributed by atoms with E-state index in [1.165, 1.54) is 6.92 Å². The molecular weight excluding hydrogens is 292 g/mol. The zero-order valence-electron chi connectivity index (χ0n) is 10.2. The molecule has 20 heavy (non-hydrogen) atoms. The fourth-order valence-corrected chi connectivity index (χ4v) is 2.52. The van der Waals surface area contributed by atoms with E-state index in [0.717, 1.165) is 0 Å². The van der Waals surface area contributed by atoms with Gasteiger partial charge in [-0.25, -0.2) is 9.59 Å². The minimum Gasteiger partial charge on any atom is -0.484 e. The van der Waals surface area contributed by atoms with Crippen LogP contribution in [0.1, 0.15) is 26.3 Å². The molecule has 0 fully saturated rings. The van der Waals surface area contributed by atoms with Crippen molar-refractivity contribution in [3.63, 3.8) is 0 Å². The number of carbonyl (C=O) groups is 3. The smallest absolute Gasteiger partial charge is 0.349 e. The van der Waals surface area contributed by atoms with Crippen LogP contribution >= 0.6 is 11.3 Å². The average molecular weight is 302 g/mol. The Hall–Kier alpha value is -2.29. The van der Waals surface area contributed by atoms with E-state index in [9.17, 15) is 14.4 Å². The first-order chi connectivity index (χ1) is 9.40. The van der Waals surface area contributed by atoms with Gasteiger partial charge < -0.3 is 24.4 Å². The van der Waals surface area contributed by atoms with Crippen LogP contribution in [0.2, 0.25) is 0 Å². The van der Waals surface area contributed by atoms with Gasteiger partial charge in [0, 0.05) is 6.92 Å². The van der Waals surface area contributed by atoms with Crippen LogP contribution in [0.4, 0.5) is 0 Å². The molecule has 8 nitrogen and oxygen atoms in total. The van der Waals surface area contributed by atoms with Crippen LogP contribution in [0.15, 0.2) is 0 Å². The molecule has 2 N–H and O–H groups in total. The van der Waals surface area contributed by atoms with Crippen LogP contribution in [0.5, 0.6) is 11.5 Å². The van der Waals surface area contributed by atoms with Crippen LogP contribution in [-0.2, 0) is 9.53 Å². The Bertz CT molecular complexity index is 535. The van der Waals surface area contributed by atoms with Crippen molar-refractivity contribution in [2.24, 2.45) is 0 Å². The molecule has 0 aliphatic carbocycles. The first kappa shape index (κ1) is 14.1. The summed E-state index contributed by atoms with van der Waals surface area (Å²) in [6.45, 7) is 0.997. The third-order valence-electron chi connectivity index (χ3n) is 2.37. The summed E-state index contributed by atoms with van der Waals surface area (Å²) in [6.07, 6.45) is -0.729. The predicted octanol–water partition coefficient (Wildman–Crippen LogP) is 0.847. The summed E-state index contributed by atoms with van der Waals surface area (Å²) in [6, 6.07) is 0. The second-order valence-corrected chi connectivity index (χ2v) is 4.90. The summed E-state index contributed by atoms with van der Waals surface area (Å²) < 4.78 is 15.4. The fourth-order valence-electron chi connectivity index (χ4n) is 1.65. The third kappa shape index (κ3) is 2.67. The predicted molar refractivity (Wildman–Crippen MR) is 64.8 cm³/mol. The van der Waals surface area contributed by atoms with Gasteiger partial charge in [-0.15, -0.1) is 11.3 Å². The van der Waals surface area contributed by atoms with Crippen LogP contribution in [0.25, 0.3) is 0 Å². The lowest BCUT2D eigenvalue weighted by atomic mass is 10.3. The largest absolute Gasteiger partial charge is 0.484 e. The maximum Gasteiger partial charge on any atom is 0.349 e. The number of carboxylic acids is 2. The molecule has 1 aromatic rings. The molecule has 2 heterocycles. The van der Waals surface area contributed by atoms with Crippen molar-refractivity contribution in [3.8, 4) is 11.5 Å². The number of hydrogen-bond acceptors (Lipinski definition) is 7. The molecule has 0 saturated heterocycles. The van der Waals surface area contributed by atoms with Crippen molar-refractivity contribution < 1.29 is 38.8 Å². The third-order valence-corrected chi connectivity index (χ3v) is 3.50. The number of hydrogen-bond donors (Lipinski definition) is 2. The molecule has 2 rings (SSSR count). The van der Waals surface area contributed by atoms with Gasteiger partial charge in [-0.05, 0) is 0 Å². The van der Waals surface area contributed by atoms with Crippen LogP contribution in [-0.4, -0.2) is 47.4 Å². The van der Waals surface area contributed by atoms with Crippen molar-refractivity contribution in [2.75, 3.05) is 13.2 Å². The zero-order chi connectivity index (χ0) is 14.9. The molecule has 1 aliphatic rings. The molecule has 0 aromatic carbocycles. The highest BCUT2D eigenvalue weighted by atomic mass is 32.1. The van der Waals surface area contributed by atoms with E-state index >= 15 is 0 Å². The van der Waals surface area contributed by atoms with Crippen molar-refractivity contribution in [3.05, 3.63) is 9.75 Å². The Kier molecular flexibility index (Phi) is 3.79. The molecule has 0 saturated carbocycles. The Morgan fingerprint density at radius 2 is 1.55 bits per heavy atom. The summed E-state index contributed by atoms with van der Waals surface area (Å²) in [4.78, 5) is 32.5. The Labute approximate surface area is 116 Å². The standard InChI is InChI=1S/C11H10O8S/c1-4(12)19-5-2-17-6-7(18-3-5)9(11(15)16)20-8(6)10(13)14/h5H,2-3H2,1H3,(H,13,14)(H,15,16). The molecule has 108 valence electrons. The molecule has 9 heteroatoms. The van der Waals surface area contributed by atoms with Gasteiger partial charge in [-0.1, -0.05) is 0 Å². The molecule has 1 aromatic heterocycles. The van der Waals surface area contributed by atoms with Crippen LogP contribution < -0.4 is 9.47 Å². The number of esters is 1. The second kappa shape index (κ2) is 5.37. The molecule has 1 aliphatic heterocycles. The van der Waals surface area contributed by atoms with Gasteiger partial charge in [-0.3, -0.25) is 4.79 Å². The Balaban J connectivity index is 2.34. The summed E-state index contributed by atoms with van der Waals surface area (Å²) in [5, 5.41) is 18.1. The SMILES string of the molecule is CC(=O)OC1COc2c(C(=O)O)sc(C(=O)O)c2OC1. The first-order valence-corrected chi connectivity index (χ1v) is 6.28. The molecule has 0 radical (unpaired) electrons. The van der Waals surface area contributed by atoms with E-state index in [-0.39, 0.29) is 34.5 Å². The first-order valence-electron chi connectivity index (χ1n) is 5.46. The lowest BCUT2D eigenvalue weighted by Gasteiger charge is -2.13. The maximum atomic E-state index is 11.1. The number of carboxylic acid groups (broad SMARTS) is 2. The second-order valence-electron chi connectivity index (χ2n) is 3.88. The van der Waals surface area contributed by atoms with E-state index < -0.39 is 24.0 Å². The monoisotopic (exact) mass is 302 g/mol. The number of thiophene rings is 1. The summed E-state index contributed by atoms with van der Waals surface area (Å²) >= 11 is 0.559.